The maximum Gasteiger partial charge on any atom is 0.227 e. The molecule has 6 heteroatoms. The van der Waals surface area contributed by atoms with Gasteiger partial charge < -0.3 is 4.90 Å². The lowest BCUT2D eigenvalue weighted by Gasteiger charge is -2.30. The molecule has 0 bridgehead atoms. The second-order valence-electron chi connectivity index (χ2n) is 5.32. The minimum absolute atomic E-state index is 0.206. The summed E-state index contributed by atoms with van der Waals surface area (Å²) in [6, 6.07) is 0. The number of piperidine rings is 1. The summed E-state index contributed by atoms with van der Waals surface area (Å²) in [5, 5.41) is 10.3. The summed E-state index contributed by atoms with van der Waals surface area (Å²) in [6.45, 7) is 5.64. The summed E-state index contributed by atoms with van der Waals surface area (Å²) in [4.78, 5) is 16.3. The van der Waals surface area contributed by atoms with Gasteiger partial charge in [0.05, 0.1) is 12.5 Å². The van der Waals surface area contributed by atoms with Gasteiger partial charge in [-0.05, 0) is 19.3 Å². The lowest BCUT2D eigenvalue weighted by molar-refractivity contribution is -0.137. The lowest BCUT2D eigenvalue weighted by Crippen LogP contribution is -2.42. The van der Waals surface area contributed by atoms with Crippen LogP contribution in [-0.2, 0) is 11.3 Å². The van der Waals surface area contributed by atoms with Crippen molar-refractivity contribution < 1.29 is 4.79 Å². The van der Waals surface area contributed by atoms with Gasteiger partial charge in [0, 0.05) is 26.7 Å². The van der Waals surface area contributed by atoms with Crippen molar-refractivity contribution in [1.82, 2.24) is 20.0 Å². The summed E-state index contributed by atoms with van der Waals surface area (Å²) < 4.78 is 0. The first-order chi connectivity index (χ1) is 8.63. The van der Waals surface area contributed by atoms with Crippen molar-refractivity contribution >= 4 is 17.2 Å². The number of aromatic nitrogens is 2. The molecule has 2 aliphatic rings. The molecular weight excluding hydrogens is 248 g/mol. The summed E-state index contributed by atoms with van der Waals surface area (Å²) in [5.41, 5.74) is 0. The van der Waals surface area contributed by atoms with Gasteiger partial charge in [0.15, 0.2) is 0 Å². The quantitative estimate of drug-likeness (QED) is 0.793. The van der Waals surface area contributed by atoms with Gasteiger partial charge in [-0.1, -0.05) is 0 Å². The van der Waals surface area contributed by atoms with E-state index in [9.17, 15) is 4.79 Å². The van der Waals surface area contributed by atoms with E-state index in [2.05, 4.69) is 15.1 Å². The minimum Gasteiger partial charge on any atom is -0.345 e. The molecule has 0 unspecified atom stereocenters. The fourth-order valence-corrected chi connectivity index (χ4v) is 3.76. The predicted molar refractivity (Wildman–Crippen MR) is 69.2 cm³/mol. The van der Waals surface area contributed by atoms with Crippen molar-refractivity contribution in [2.75, 3.05) is 26.7 Å². The number of likely N-dealkylation sites (tertiary alicyclic amines) is 2. The summed E-state index contributed by atoms with van der Waals surface area (Å²) in [5.74, 6) is 1.07. The Morgan fingerprint density at radius 2 is 2.22 bits per heavy atom. The maximum absolute atomic E-state index is 12.1. The zero-order valence-corrected chi connectivity index (χ0v) is 11.6. The van der Waals surface area contributed by atoms with Crippen LogP contribution in [0.5, 0.6) is 0 Å². The normalized spacial score (nSPS) is 28.8. The third kappa shape index (κ3) is 2.14. The molecule has 5 nitrogen and oxygen atoms in total. The number of fused-ring (bicyclic) bond motifs is 1. The van der Waals surface area contributed by atoms with E-state index < -0.39 is 0 Å². The van der Waals surface area contributed by atoms with Crippen molar-refractivity contribution in [3.8, 4) is 0 Å². The molecule has 18 heavy (non-hydrogen) atoms. The molecule has 0 saturated carbocycles. The molecule has 0 spiro atoms. The van der Waals surface area contributed by atoms with Crippen LogP contribution in [0.2, 0.25) is 0 Å². The number of nitrogens with zero attached hydrogens (tertiary/aromatic N) is 4. The molecule has 1 amide bonds. The molecule has 3 rings (SSSR count). The van der Waals surface area contributed by atoms with Gasteiger partial charge in [-0.3, -0.25) is 9.69 Å². The summed E-state index contributed by atoms with van der Waals surface area (Å²) >= 11 is 1.65. The van der Waals surface area contributed by atoms with Gasteiger partial charge in [-0.2, -0.15) is 0 Å². The number of carbonyl (C=O) groups is 1. The average Bonchev–Trinajstić information content (AvgIpc) is 2.91. The second-order valence-corrected chi connectivity index (χ2v) is 6.59. The Hall–Kier alpha value is -1.01. The topological polar surface area (TPSA) is 49.3 Å². The predicted octanol–water partition coefficient (Wildman–Crippen LogP) is 0.757. The van der Waals surface area contributed by atoms with E-state index in [4.69, 9.17) is 0 Å². The fourth-order valence-electron chi connectivity index (χ4n) is 3.01. The highest BCUT2D eigenvalue weighted by molar-refractivity contribution is 7.11. The highest BCUT2D eigenvalue weighted by Gasteiger charge is 2.41. The Labute approximate surface area is 111 Å². The molecular formula is C12H18N4OS. The molecule has 2 saturated heterocycles. The van der Waals surface area contributed by atoms with Crippen molar-refractivity contribution in [2.24, 2.45) is 11.8 Å². The van der Waals surface area contributed by atoms with Gasteiger partial charge in [0.25, 0.3) is 0 Å². The molecule has 2 atom stereocenters. The number of rotatable bonds is 2. The second kappa shape index (κ2) is 4.59. The van der Waals surface area contributed by atoms with Gasteiger partial charge in [0.2, 0.25) is 5.91 Å². The molecule has 0 radical (unpaired) electrons. The molecule has 3 heterocycles. The van der Waals surface area contributed by atoms with E-state index in [0.717, 1.165) is 42.6 Å². The first-order valence-corrected chi connectivity index (χ1v) is 7.21. The Balaban J connectivity index is 1.66. The van der Waals surface area contributed by atoms with Crippen LogP contribution in [0.15, 0.2) is 0 Å². The fraction of sp³-hybridized carbons (Fsp3) is 0.750. The van der Waals surface area contributed by atoms with Crippen LogP contribution in [0.25, 0.3) is 0 Å². The first kappa shape index (κ1) is 12.0. The number of carbonyl (C=O) groups excluding carboxylic acids is 1. The standard InChI is InChI=1S/C12H18N4OS/c1-8-13-14-11(18-8)7-16-5-9-3-4-15(2)12(17)10(9)6-16/h9-10H,3-7H2,1-2H3/t9-,10+/m1/s1. The van der Waals surface area contributed by atoms with Crippen LogP contribution in [0, 0.1) is 18.8 Å². The lowest BCUT2D eigenvalue weighted by atomic mass is 9.88. The van der Waals surface area contributed by atoms with Gasteiger partial charge in [-0.25, -0.2) is 0 Å². The SMILES string of the molecule is Cc1nnc(CN2C[C@H]3CCN(C)C(=O)[C@H]3C2)s1. The molecule has 2 aliphatic heterocycles. The first-order valence-electron chi connectivity index (χ1n) is 6.40. The smallest absolute Gasteiger partial charge is 0.227 e. The van der Waals surface area contributed by atoms with E-state index in [1.807, 2.05) is 18.9 Å². The van der Waals surface area contributed by atoms with Crippen LogP contribution in [-0.4, -0.2) is 52.6 Å². The number of amides is 1. The third-order valence-corrected chi connectivity index (χ3v) is 4.80. The number of aryl methyl sites for hydroxylation is 1. The summed E-state index contributed by atoms with van der Waals surface area (Å²) in [6.07, 6.45) is 1.14. The van der Waals surface area contributed by atoms with E-state index in [-0.39, 0.29) is 5.92 Å². The molecule has 0 N–H and O–H groups in total. The van der Waals surface area contributed by atoms with Crippen LogP contribution in [0.1, 0.15) is 16.4 Å². The van der Waals surface area contributed by atoms with Gasteiger partial charge in [-0.15, -0.1) is 21.5 Å². The Morgan fingerprint density at radius 1 is 1.39 bits per heavy atom. The van der Waals surface area contributed by atoms with Crippen molar-refractivity contribution in [3.05, 3.63) is 10.0 Å². The molecule has 98 valence electrons. The zero-order chi connectivity index (χ0) is 12.7. The Morgan fingerprint density at radius 3 is 2.94 bits per heavy atom. The van der Waals surface area contributed by atoms with Crippen LogP contribution >= 0.6 is 11.3 Å². The Bertz CT molecular complexity index is 461. The average molecular weight is 266 g/mol. The largest absolute Gasteiger partial charge is 0.345 e. The molecule has 2 fully saturated rings. The van der Waals surface area contributed by atoms with Gasteiger partial charge >= 0.3 is 0 Å². The number of hydrogen-bond donors (Lipinski definition) is 0. The van der Waals surface area contributed by atoms with E-state index in [1.54, 1.807) is 11.3 Å². The van der Waals surface area contributed by atoms with E-state index >= 15 is 0 Å². The Kier molecular flexibility index (Phi) is 3.07. The monoisotopic (exact) mass is 266 g/mol. The molecule has 1 aromatic heterocycles. The highest BCUT2D eigenvalue weighted by Crippen LogP contribution is 2.32. The van der Waals surface area contributed by atoms with Gasteiger partial charge in [0.1, 0.15) is 10.0 Å². The minimum atomic E-state index is 0.206. The van der Waals surface area contributed by atoms with Crippen LogP contribution in [0.4, 0.5) is 0 Å². The highest BCUT2D eigenvalue weighted by atomic mass is 32.1. The maximum atomic E-state index is 12.1. The van der Waals surface area contributed by atoms with Crippen LogP contribution < -0.4 is 0 Å². The van der Waals surface area contributed by atoms with E-state index in [1.165, 1.54) is 0 Å². The van der Waals surface area contributed by atoms with Crippen molar-refractivity contribution in [1.29, 1.82) is 0 Å². The van der Waals surface area contributed by atoms with Crippen LogP contribution in [0.3, 0.4) is 0 Å². The van der Waals surface area contributed by atoms with E-state index in [0.29, 0.717) is 11.8 Å². The molecule has 0 aromatic carbocycles. The third-order valence-electron chi connectivity index (χ3n) is 3.97. The zero-order valence-electron chi connectivity index (χ0n) is 10.8. The summed E-state index contributed by atoms with van der Waals surface area (Å²) in [7, 11) is 1.91. The van der Waals surface area contributed by atoms with Crippen molar-refractivity contribution in [3.63, 3.8) is 0 Å². The number of hydrogen-bond acceptors (Lipinski definition) is 5. The van der Waals surface area contributed by atoms with Crippen molar-refractivity contribution in [2.45, 2.75) is 19.9 Å². The molecule has 0 aliphatic carbocycles. The molecule has 1 aromatic rings.